The van der Waals surface area contributed by atoms with Gasteiger partial charge in [-0.2, -0.15) is 0 Å². The topological polar surface area (TPSA) is 78.4 Å². The zero-order valence-corrected chi connectivity index (χ0v) is 22.3. The zero-order chi connectivity index (χ0) is 25.3. The van der Waals surface area contributed by atoms with Crippen LogP contribution in [0.4, 0.5) is 17.3 Å². The van der Waals surface area contributed by atoms with Gasteiger partial charge in [0.15, 0.2) is 9.84 Å². The minimum absolute atomic E-state index is 0.00989. The summed E-state index contributed by atoms with van der Waals surface area (Å²) in [6, 6.07) is 14.0. The first-order chi connectivity index (χ1) is 17.3. The summed E-state index contributed by atoms with van der Waals surface area (Å²) in [6.07, 6.45) is 3.90. The van der Waals surface area contributed by atoms with Gasteiger partial charge in [0, 0.05) is 55.2 Å². The lowest BCUT2D eigenvalue weighted by Crippen LogP contribution is -2.44. The molecular formula is C27H32ClN5O2S. The highest BCUT2D eigenvalue weighted by molar-refractivity contribution is 7.91. The molecule has 5 rings (SSSR count). The van der Waals surface area contributed by atoms with Crippen molar-refractivity contribution in [3.05, 3.63) is 76.1 Å². The number of benzene rings is 2. The molecule has 2 heterocycles. The Morgan fingerprint density at radius 1 is 1.06 bits per heavy atom. The lowest BCUT2D eigenvalue weighted by atomic mass is 10.0. The third-order valence-electron chi connectivity index (χ3n) is 6.94. The Bertz CT molecular complexity index is 1330. The Hall–Kier alpha value is -2.68. The molecule has 0 atom stereocenters. The minimum atomic E-state index is -3.14. The van der Waals surface area contributed by atoms with Crippen LogP contribution in [0.2, 0.25) is 5.02 Å². The number of hydrogen-bond acceptors (Lipinski definition) is 7. The molecule has 1 saturated carbocycles. The number of aryl methyl sites for hydroxylation is 1. The maximum Gasteiger partial charge on any atom is 0.227 e. The number of nitrogens with zero attached hydrogens (tertiary/aromatic N) is 4. The second-order valence-corrected chi connectivity index (χ2v) is 12.6. The Morgan fingerprint density at radius 2 is 1.78 bits per heavy atom. The molecule has 36 heavy (non-hydrogen) atoms. The largest absolute Gasteiger partial charge is 0.369 e. The van der Waals surface area contributed by atoms with Gasteiger partial charge in [-0.25, -0.2) is 18.4 Å². The molecule has 3 aromatic rings. The van der Waals surface area contributed by atoms with Gasteiger partial charge >= 0.3 is 0 Å². The first kappa shape index (κ1) is 25.0. The van der Waals surface area contributed by atoms with Crippen LogP contribution in [0.5, 0.6) is 0 Å². The van der Waals surface area contributed by atoms with Gasteiger partial charge in [0.25, 0.3) is 0 Å². The third kappa shape index (κ3) is 5.99. The SMILES string of the molecule is Cc1cnc(Nc2ccc(N3CCN(C)CC3)cc2)nc1Cc1ccc(Cl)c(CS(=O)(=O)C2CC2)c1. The van der Waals surface area contributed by atoms with Crippen LogP contribution in [0.1, 0.15) is 35.2 Å². The highest BCUT2D eigenvalue weighted by Crippen LogP contribution is 2.33. The van der Waals surface area contributed by atoms with Gasteiger partial charge in [-0.3, -0.25) is 0 Å². The Labute approximate surface area is 218 Å². The standard InChI is InChI=1S/C27H32ClN5O2S/c1-19-17-29-27(30-22-4-6-23(7-5-22)33-13-11-32(2)12-14-33)31-26(19)16-20-3-10-25(28)21(15-20)18-36(34,35)24-8-9-24/h3-7,10,15,17,24H,8-9,11-14,16,18H2,1-2H3,(H,29,30,31). The molecule has 0 spiro atoms. The number of anilines is 3. The second-order valence-electron chi connectivity index (χ2n) is 9.89. The van der Waals surface area contributed by atoms with E-state index >= 15 is 0 Å². The molecule has 0 radical (unpaired) electrons. The number of halogens is 1. The highest BCUT2D eigenvalue weighted by atomic mass is 35.5. The molecule has 1 aromatic heterocycles. The summed E-state index contributed by atoms with van der Waals surface area (Å²) in [6.45, 7) is 6.20. The molecule has 0 bridgehead atoms. The molecule has 1 N–H and O–H groups in total. The molecule has 1 aliphatic heterocycles. The summed E-state index contributed by atoms with van der Waals surface area (Å²) < 4.78 is 25.0. The summed E-state index contributed by atoms with van der Waals surface area (Å²) in [7, 11) is -0.981. The first-order valence-corrected chi connectivity index (χ1v) is 14.5. The van der Waals surface area contributed by atoms with E-state index in [0.717, 1.165) is 61.5 Å². The number of sulfone groups is 1. The van der Waals surface area contributed by atoms with Gasteiger partial charge in [-0.15, -0.1) is 0 Å². The Kier molecular flexibility index (Phi) is 7.19. The van der Waals surface area contributed by atoms with Gasteiger partial charge in [-0.1, -0.05) is 23.7 Å². The molecule has 190 valence electrons. The monoisotopic (exact) mass is 525 g/mol. The number of piperazine rings is 1. The maximum atomic E-state index is 12.5. The van der Waals surface area contributed by atoms with Crippen molar-refractivity contribution >= 4 is 38.8 Å². The van der Waals surface area contributed by atoms with Crippen molar-refractivity contribution < 1.29 is 8.42 Å². The van der Waals surface area contributed by atoms with E-state index in [-0.39, 0.29) is 11.0 Å². The van der Waals surface area contributed by atoms with Crippen LogP contribution >= 0.6 is 11.6 Å². The molecule has 1 aliphatic carbocycles. The predicted molar refractivity (Wildman–Crippen MR) is 146 cm³/mol. The fourth-order valence-electron chi connectivity index (χ4n) is 4.47. The van der Waals surface area contributed by atoms with Crippen molar-refractivity contribution in [2.45, 2.75) is 37.2 Å². The van der Waals surface area contributed by atoms with Crippen molar-refractivity contribution in [1.29, 1.82) is 0 Å². The number of likely N-dealkylation sites (N-methyl/N-ethyl adjacent to an activating group) is 1. The van der Waals surface area contributed by atoms with Crippen molar-refractivity contribution in [2.75, 3.05) is 43.4 Å². The van der Waals surface area contributed by atoms with Gasteiger partial charge in [0.05, 0.1) is 16.7 Å². The number of aromatic nitrogens is 2. The van der Waals surface area contributed by atoms with Crippen molar-refractivity contribution in [1.82, 2.24) is 14.9 Å². The maximum absolute atomic E-state index is 12.5. The van der Waals surface area contributed by atoms with E-state index in [4.69, 9.17) is 16.6 Å². The first-order valence-electron chi connectivity index (χ1n) is 12.4. The van der Waals surface area contributed by atoms with E-state index in [0.29, 0.717) is 23.0 Å². The van der Waals surface area contributed by atoms with Gasteiger partial charge in [0.2, 0.25) is 5.95 Å². The summed E-state index contributed by atoms with van der Waals surface area (Å²) in [5.74, 6) is 0.526. The summed E-state index contributed by atoms with van der Waals surface area (Å²) in [5, 5.41) is 3.60. The van der Waals surface area contributed by atoms with Crippen LogP contribution in [0, 0.1) is 6.92 Å². The van der Waals surface area contributed by atoms with E-state index in [2.05, 4.69) is 51.4 Å². The van der Waals surface area contributed by atoms with Gasteiger partial charge in [-0.05, 0) is 73.8 Å². The normalized spacial score (nSPS) is 16.8. The minimum Gasteiger partial charge on any atom is -0.369 e. The number of hydrogen-bond donors (Lipinski definition) is 1. The summed E-state index contributed by atoms with van der Waals surface area (Å²) >= 11 is 6.34. The average molecular weight is 526 g/mol. The third-order valence-corrected chi connectivity index (χ3v) is 9.51. The smallest absolute Gasteiger partial charge is 0.227 e. The molecule has 2 aromatic carbocycles. The van der Waals surface area contributed by atoms with E-state index in [1.165, 1.54) is 5.69 Å². The molecular weight excluding hydrogens is 494 g/mol. The fourth-order valence-corrected chi connectivity index (χ4v) is 6.50. The Morgan fingerprint density at radius 3 is 2.47 bits per heavy atom. The molecule has 1 saturated heterocycles. The molecule has 0 amide bonds. The molecule has 2 fully saturated rings. The zero-order valence-electron chi connectivity index (χ0n) is 20.7. The quantitative estimate of drug-likeness (QED) is 0.460. The summed E-state index contributed by atoms with van der Waals surface area (Å²) in [5.41, 5.74) is 5.66. The van der Waals surface area contributed by atoms with Crippen molar-refractivity contribution in [3.63, 3.8) is 0 Å². The molecule has 7 nitrogen and oxygen atoms in total. The van der Waals surface area contributed by atoms with Gasteiger partial charge < -0.3 is 15.1 Å². The van der Waals surface area contributed by atoms with Gasteiger partial charge in [0.1, 0.15) is 0 Å². The van der Waals surface area contributed by atoms with Crippen LogP contribution in [0.15, 0.2) is 48.7 Å². The van der Waals surface area contributed by atoms with Crippen molar-refractivity contribution in [3.8, 4) is 0 Å². The van der Waals surface area contributed by atoms with Crippen LogP contribution in [0.3, 0.4) is 0 Å². The number of nitrogens with one attached hydrogen (secondary N) is 1. The van der Waals surface area contributed by atoms with Crippen LogP contribution < -0.4 is 10.2 Å². The Balaban J connectivity index is 1.28. The molecule has 9 heteroatoms. The van der Waals surface area contributed by atoms with E-state index in [1.54, 1.807) is 6.07 Å². The van der Waals surface area contributed by atoms with Crippen molar-refractivity contribution in [2.24, 2.45) is 0 Å². The van der Waals surface area contributed by atoms with Crippen LogP contribution in [0.25, 0.3) is 0 Å². The van der Waals surface area contributed by atoms with E-state index < -0.39 is 9.84 Å². The van der Waals surface area contributed by atoms with Crippen LogP contribution in [-0.4, -0.2) is 61.8 Å². The highest BCUT2D eigenvalue weighted by Gasteiger charge is 2.35. The lowest BCUT2D eigenvalue weighted by Gasteiger charge is -2.34. The average Bonchev–Trinajstić information content (AvgIpc) is 3.71. The van der Waals surface area contributed by atoms with E-state index in [9.17, 15) is 8.42 Å². The lowest BCUT2D eigenvalue weighted by molar-refractivity contribution is 0.313. The molecule has 0 unspecified atom stereocenters. The summed E-state index contributed by atoms with van der Waals surface area (Å²) in [4.78, 5) is 14.0. The fraction of sp³-hybridized carbons (Fsp3) is 0.407. The van der Waals surface area contributed by atoms with E-state index in [1.807, 2.05) is 25.3 Å². The molecule has 2 aliphatic rings. The predicted octanol–water partition coefficient (Wildman–Crippen LogP) is 4.60. The second kappa shape index (κ2) is 10.4. The number of rotatable bonds is 8. The van der Waals surface area contributed by atoms with Crippen LogP contribution in [-0.2, 0) is 22.0 Å².